The quantitative estimate of drug-likeness (QED) is 0.739. The molecule has 2 rings (SSSR count). The lowest BCUT2D eigenvalue weighted by atomic mass is 10.1. The summed E-state index contributed by atoms with van der Waals surface area (Å²) < 4.78 is 1.68. The molecule has 0 spiro atoms. The molecule has 5 nitrogen and oxygen atoms in total. The molecule has 1 unspecified atom stereocenters. The Bertz CT molecular complexity index is 583. The molecule has 0 bridgehead atoms. The van der Waals surface area contributed by atoms with Gasteiger partial charge in [-0.15, -0.1) is 0 Å². The van der Waals surface area contributed by atoms with Crippen LogP contribution in [0, 0.1) is 0 Å². The summed E-state index contributed by atoms with van der Waals surface area (Å²) in [7, 11) is 0. The highest BCUT2D eigenvalue weighted by molar-refractivity contribution is 5.76. The maximum Gasteiger partial charge on any atom is 0.326 e. The normalized spacial score (nSPS) is 13.5. The summed E-state index contributed by atoms with van der Waals surface area (Å²) in [5.74, 6) is 0. The van der Waals surface area contributed by atoms with Crippen LogP contribution in [0.5, 0.6) is 0 Å². The number of fused-ring (bicyclic) bond motifs is 1. The number of H-pyrrole nitrogens is 1. The highest BCUT2D eigenvalue weighted by Crippen LogP contribution is 2.19. The topological polar surface area (TPSA) is 84.0 Å². The fraction of sp³-hybridized carbons (Fsp3) is 0.417. The number of nitrogens with one attached hydrogen (secondary N) is 1. The Balaban J connectivity index is 2.66. The maximum absolute atomic E-state index is 11.8. The van der Waals surface area contributed by atoms with Crippen LogP contribution in [0.4, 0.5) is 0 Å². The van der Waals surface area contributed by atoms with Crippen molar-refractivity contribution in [3.63, 3.8) is 0 Å². The first kappa shape index (κ1) is 11.9. The zero-order chi connectivity index (χ0) is 12.6. The van der Waals surface area contributed by atoms with Crippen LogP contribution >= 0.6 is 0 Å². The molecule has 4 N–H and O–H groups in total. The molecule has 1 atom stereocenters. The lowest BCUT2D eigenvalue weighted by molar-refractivity contribution is 0.268. The van der Waals surface area contributed by atoms with Gasteiger partial charge in [0.1, 0.15) is 0 Å². The number of aliphatic hydroxyl groups is 1. The molecule has 0 fully saturated rings. The van der Waals surface area contributed by atoms with Crippen molar-refractivity contribution in [3.05, 3.63) is 34.2 Å². The highest BCUT2D eigenvalue weighted by atomic mass is 16.3. The monoisotopic (exact) mass is 235 g/mol. The highest BCUT2D eigenvalue weighted by Gasteiger charge is 2.12. The predicted molar refractivity (Wildman–Crippen MR) is 67.0 cm³/mol. The van der Waals surface area contributed by atoms with Gasteiger partial charge in [0, 0.05) is 6.04 Å². The Labute approximate surface area is 98.9 Å². The van der Waals surface area contributed by atoms with Crippen LogP contribution < -0.4 is 11.4 Å². The predicted octanol–water partition coefficient (Wildman–Crippen LogP) is 0.903. The third-order valence-corrected chi connectivity index (χ3v) is 2.88. The van der Waals surface area contributed by atoms with E-state index in [1.54, 1.807) is 4.57 Å². The number of rotatable bonds is 3. The summed E-state index contributed by atoms with van der Waals surface area (Å²) in [4.78, 5) is 14.6. The Morgan fingerprint density at radius 3 is 2.76 bits per heavy atom. The first-order valence-corrected chi connectivity index (χ1v) is 5.65. The second-order valence-corrected chi connectivity index (χ2v) is 4.46. The van der Waals surface area contributed by atoms with Crippen molar-refractivity contribution in [2.75, 3.05) is 6.61 Å². The largest absolute Gasteiger partial charge is 0.394 e. The molecule has 0 aliphatic rings. The lowest BCUT2D eigenvalue weighted by Crippen LogP contribution is -2.18. The minimum absolute atomic E-state index is 0.0804. The minimum Gasteiger partial charge on any atom is -0.394 e. The van der Waals surface area contributed by atoms with Crippen LogP contribution in [-0.2, 0) is 0 Å². The van der Waals surface area contributed by atoms with Crippen LogP contribution in [0.2, 0.25) is 0 Å². The summed E-state index contributed by atoms with van der Waals surface area (Å²) in [5, 5.41) is 9.04. The van der Waals surface area contributed by atoms with Crippen LogP contribution in [0.3, 0.4) is 0 Å². The van der Waals surface area contributed by atoms with Crippen LogP contribution in [0.15, 0.2) is 23.0 Å². The average molecular weight is 235 g/mol. The van der Waals surface area contributed by atoms with Crippen LogP contribution in [-0.4, -0.2) is 21.3 Å². The molecule has 0 aliphatic heterocycles. The van der Waals surface area contributed by atoms with Crippen molar-refractivity contribution in [3.8, 4) is 0 Å². The third-order valence-electron chi connectivity index (χ3n) is 2.88. The SMILES string of the molecule is CC(C)n1c(=O)[nH]c2ccc(C(N)CO)cc21. The standard InChI is InChI=1S/C12H17N3O2/c1-7(2)15-11-5-8(9(13)6-16)3-4-10(11)14-12(15)17/h3-5,7,9,16H,6,13H2,1-2H3,(H,14,17). The van der Waals surface area contributed by atoms with Gasteiger partial charge in [-0.2, -0.15) is 0 Å². The van der Waals surface area contributed by atoms with Crippen LogP contribution in [0.1, 0.15) is 31.5 Å². The lowest BCUT2D eigenvalue weighted by Gasteiger charge is -2.11. The zero-order valence-electron chi connectivity index (χ0n) is 9.97. The molecule has 5 heteroatoms. The van der Waals surface area contributed by atoms with E-state index in [-0.39, 0.29) is 18.3 Å². The molecule has 1 heterocycles. The maximum atomic E-state index is 11.8. The fourth-order valence-corrected chi connectivity index (χ4v) is 1.99. The number of benzene rings is 1. The van der Waals surface area contributed by atoms with E-state index in [4.69, 9.17) is 10.8 Å². The molecular formula is C12H17N3O2. The Kier molecular flexibility index (Phi) is 3.04. The van der Waals surface area contributed by atoms with Gasteiger partial charge in [0.25, 0.3) is 0 Å². The summed E-state index contributed by atoms with van der Waals surface area (Å²) >= 11 is 0. The van der Waals surface area contributed by atoms with E-state index in [0.717, 1.165) is 16.6 Å². The van der Waals surface area contributed by atoms with E-state index in [2.05, 4.69) is 4.98 Å². The van der Waals surface area contributed by atoms with E-state index in [0.29, 0.717) is 0 Å². The first-order valence-electron chi connectivity index (χ1n) is 5.65. The Hall–Kier alpha value is -1.59. The number of imidazole rings is 1. The summed E-state index contributed by atoms with van der Waals surface area (Å²) in [6.45, 7) is 3.79. The molecule has 2 aromatic rings. The summed E-state index contributed by atoms with van der Waals surface area (Å²) in [5.41, 5.74) is 8.09. The molecule has 0 radical (unpaired) electrons. The fourth-order valence-electron chi connectivity index (χ4n) is 1.99. The molecule has 1 aromatic carbocycles. The molecule has 0 saturated heterocycles. The second-order valence-electron chi connectivity index (χ2n) is 4.46. The molecule has 1 aromatic heterocycles. The third kappa shape index (κ3) is 1.99. The van der Waals surface area contributed by atoms with Gasteiger partial charge in [0.15, 0.2) is 0 Å². The number of nitrogens with zero attached hydrogens (tertiary/aromatic N) is 1. The number of aromatic amines is 1. The van der Waals surface area contributed by atoms with Gasteiger partial charge >= 0.3 is 5.69 Å². The first-order chi connectivity index (χ1) is 8.04. The van der Waals surface area contributed by atoms with Gasteiger partial charge in [0.2, 0.25) is 0 Å². The Morgan fingerprint density at radius 2 is 2.18 bits per heavy atom. The van der Waals surface area contributed by atoms with Crippen molar-refractivity contribution in [2.24, 2.45) is 5.73 Å². The van der Waals surface area contributed by atoms with E-state index in [1.807, 2.05) is 32.0 Å². The van der Waals surface area contributed by atoms with E-state index in [1.165, 1.54) is 0 Å². The number of hydrogen-bond donors (Lipinski definition) is 3. The molecule has 0 saturated carbocycles. The molecule has 92 valence electrons. The number of aromatic nitrogens is 2. The van der Waals surface area contributed by atoms with Crippen molar-refractivity contribution >= 4 is 11.0 Å². The van der Waals surface area contributed by atoms with Gasteiger partial charge in [-0.05, 0) is 31.5 Å². The average Bonchev–Trinajstić information content (AvgIpc) is 2.62. The van der Waals surface area contributed by atoms with Crippen molar-refractivity contribution < 1.29 is 5.11 Å². The van der Waals surface area contributed by atoms with Crippen molar-refractivity contribution in [1.82, 2.24) is 9.55 Å². The van der Waals surface area contributed by atoms with Gasteiger partial charge in [-0.25, -0.2) is 4.79 Å². The number of hydrogen-bond acceptors (Lipinski definition) is 3. The molecule has 0 amide bonds. The van der Waals surface area contributed by atoms with Gasteiger partial charge in [0.05, 0.1) is 23.7 Å². The Morgan fingerprint density at radius 1 is 1.47 bits per heavy atom. The second kappa shape index (κ2) is 4.35. The molecular weight excluding hydrogens is 218 g/mol. The van der Waals surface area contributed by atoms with Gasteiger partial charge < -0.3 is 15.8 Å². The van der Waals surface area contributed by atoms with Crippen molar-refractivity contribution in [1.29, 1.82) is 0 Å². The number of nitrogens with two attached hydrogens (primary N) is 1. The van der Waals surface area contributed by atoms with Crippen LogP contribution in [0.25, 0.3) is 11.0 Å². The van der Waals surface area contributed by atoms with Crippen molar-refractivity contribution in [2.45, 2.75) is 25.9 Å². The van der Waals surface area contributed by atoms with E-state index < -0.39 is 6.04 Å². The van der Waals surface area contributed by atoms with E-state index in [9.17, 15) is 4.79 Å². The molecule has 0 aliphatic carbocycles. The minimum atomic E-state index is -0.412. The number of aliphatic hydroxyl groups excluding tert-OH is 1. The van der Waals surface area contributed by atoms with Gasteiger partial charge in [-0.3, -0.25) is 4.57 Å². The smallest absolute Gasteiger partial charge is 0.326 e. The molecule has 17 heavy (non-hydrogen) atoms. The van der Waals surface area contributed by atoms with Gasteiger partial charge in [-0.1, -0.05) is 6.07 Å². The summed E-state index contributed by atoms with van der Waals surface area (Å²) in [6.07, 6.45) is 0. The zero-order valence-corrected chi connectivity index (χ0v) is 9.97. The summed E-state index contributed by atoms with van der Waals surface area (Å²) in [6, 6.07) is 5.17. The van der Waals surface area contributed by atoms with E-state index >= 15 is 0 Å².